The zero-order valence-corrected chi connectivity index (χ0v) is 13.6. The van der Waals surface area contributed by atoms with E-state index in [-0.39, 0.29) is 5.25 Å². The van der Waals surface area contributed by atoms with Crippen molar-refractivity contribution in [3.05, 3.63) is 24.0 Å². The summed E-state index contributed by atoms with van der Waals surface area (Å²) in [6, 6.07) is 2.03. The summed E-state index contributed by atoms with van der Waals surface area (Å²) >= 11 is 0. The molecule has 0 bridgehead atoms. The molecule has 2 rings (SSSR count). The smallest absolute Gasteiger partial charge is 0.218 e. The van der Waals surface area contributed by atoms with Crippen LogP contribution in [0.4, 0.5) is 0 Å². The van der Waals surface area contributed by atoms with Gasteiger partial charge < -0.3 is 9.72 Å². The van der Waals surface area contributed by atoms with E-state index in [0.29, 0.717) is 19.7 Å². The fourth-order valence-corrected chi connectivity index (χ4v) is 4.42. The lowest BCUT2D eigenvalue weighted by Gasteiger charge is -2.34. The van der Waals surface area contributed by atoms with Crippen molar-refractivity contribution in [1.82, 2.24) is 14.2 Å². The number of ether oxygens (including phenoxy) is 1. The van der Waals surface area contributed by atoms with Gasteiger partial charge in [-0.3, -0.25) is 4.90 Å². The zero-order valence-electron chi connectivity index (χ0n) is 12.8. The average molecular weight is 315 g/mol. The van der Waals surface area contributed by atoms with E-state index in [1.807, 2.05) is 18.5 Å². The summed E-state index contributed by atoms with van der Waals surface area (Å²) in [7, 11) is -0.0209. The number of methoxy groups -OCH3 is 1. The summed E-state index contributed by atoms with van der Waals surface area (Å²) in [4.78, 5) is 5.26. The van der Waals surface area contributed by atoms with Crippen molar-refractivity contribution in [3.8, 4) is 0 Å². The van der Waals surface area contributed by atoms with E-state index in [9.17, 15) is 8.42 Å². The summed E-state index contributed by atoms with van der Waals surface area (Å²) in [5.41, 5.74) is 1.20. The lowest BCUT2D eigenvalue weighted by Crippen LogP contribution is -2.47. The highest BCUT2D eigenvalue weighted by Gasteiger charge is 2.33. The number of sulfonamides is 1. The molecule has 1 saturated heterocycles. The van der Waals surface area contributed by atoms with E-state index in [1.165, 1.54) is 9.87 Å². The molecule has 7 heteroatoms. The van der Waals surface area contributed by atoms with Crippen molar-refractivity contribution in [2.75, 3.05) is 40.4 Å². The average Bonchev–Trinajstić information content (AvgIpc) is 2.97. The minimum Gasteiger partial charge on any atom is -0.383 e. The van der Waals surface area contributed by atoms with Crippen LogP contribution in [0.5, 0.6) is 0 Å². The molecule has 1 fully saturated rings. The van der Waals surface area contributed by atoms with Gasteiger partial charge in [-0.1, -0.05) is 0 Å². The molecule has 0 saturated carbocycles. The van der Waals surface area contributed by atoms with Crippen LogP contribution >= 0.6 is 0 Å². The second-order valence-corrected chi connectivity index (χ2v) is 7.90. The Balaban J connectivity index is 1.96. The highest BCUT2D eigenvalue weighted by molar-refractivity contribution is 7.89. The van der Waals surface area contributed by atoms with Gasteiger partial charge in [-0.05, 0) is 31.0 Å². The number of H-pyrrole nitrogens is 1. The van der Waals surface area contributed by atoms with Gasteiger partial charge in [0.05, 0.1) is 11.9 Å². The molecule has 120 valence electrons. The van der Waals surface area contributed by atoms with Crippen molar-refractivity contribution in [2.24, 2.45) is 0 Å². The quantitative estimate of drug-likeness (QED) is 0.811. The van der Waals surface area contributed by atoms with Gasteiger partial charge in [-0.15, -0.1) is 0 Å². The minimum absolute atomic E-state index is 0.313. The molecule has 1 N–H and O–H groups in total. The summed E-state index contributed by atoms with van der Waals surface area (Å²) in [6.45, 7) is 3.20. The first-order valence-electron chi connectivity index (χ1n) is 7.32. The van der Waals surface area contributed by atoms with Gasteiger partial charge in [0.15, 0.2) is 0 Å². The number of rotatable bonds is 7. The summed E-state index contributed by atoms with van der Waals surface area (Å²) in [6.07, 6.45) is 5.52. The van der Waals surface area contributed by atoms with Crippen LogP contribution in [0.1, 0.15) is 18.4 Å². The first-order chi connectivity index (χ1) is 10.0. The van der Waals surface area contributed by atoms with Crippen LogP contribution in [-0.2, 0) is 21.3 Å². The number of piperidine rings is 1. The van der Waals surface area contributed by atoms with Gasteiger partial charge in [0, 0.05) is 46.2 Å². The summed E-state index contributed by atoms with van der Waals surface area (Å²) in [5, 5.41) is -0.313. The van der Waals surface area contributed by atoms with Crippen LogP contribution in [0.3, 0.4) is 0 Å². The Bertz CT molecular complexity index is 516. The van der Waals surface area contributed by atoms with Gasteiger partial charge in [0.2, 0.25) is 10.0 Å². The molecule has 1 atom stereocenters. The number of aromatic amines is 1. The molecule has 1 aliphatic heterocycles. The van der Waals surface area contributed by atoms with Crippen LogP contribution in [0.2, 0.25) is 0 Å². The van der Waals surface area contributed by atoms with E-state index in [2.05, 4.69) is 9.88 Å². The van der Waals surface area contributed by atoms with Crippen LogP contribution in [0, 0.1) is 0 Å². The third-order valence-electron chi connectivity index (χ3n) is 4.00. The van der Waals surface area contributed by atoms with Crippen molar-refractivity contribution in [1.29, 1.82) is 0 Å². The SMILES string of the molecule is COCCN(C)S(=O)(=O)[C@H]1CCCN(Cc2cc[nH]c2)C1. The maximum Gasteiger partial charge on any atom is 0.218 e. The number of nitrogens with zero attached hydrogens (tertiary/aromatic N) is 2. The number of likely N-dealkylation sites (tertiary alicyclic amines) is 1. The lowest BCUT2D eigenvalue weighted by molar-refractivity contribution is 0.182. The largest absolute Gasteiger partial charge is 0.383 e. The third-order valence-corrected chi connectivity index (χ3v) is 6.28. The van der Waals surface area contributed by atoms with Gasteiger partial charge in [-0.25, -0.2) is 12.7 Å². The number of hydrogen-bond acceptors (Lipinski definition) is 4. The molecular weight excluding hydrogens is 290 g/mol. The molecule has 0 unspecified atom stereocenters. The minimum atomic E-state index is -3.24. The molecule has 1 aromatic rings. The van der Waals surface area contributed by atoms with Crippen molar-refractivity contribution < 1.29 is 13.2 Å². The van der Waals surface area contributed by atoms with Crippen molar-refractivity contribution in [2.45, 2.75) is 24.6 Å². The van der Waals surface area contributed by atoms with Crippen molar-refractivity contribution >= 4 is 10.0 Å². The molecule has 0 aliphatic carbocycles. The molecule has 0 spiro atoms. The molecule has 0 amide bonds. The van der Waals surface area contributed by atoms with Crippen molar-refractivity contribution in [3.63, 3.8) is 0 Å². The van der Waals surface area contributed by atoms with Gasteiger partial charge in [-0.2, -0.15) is 0 Å². The Morgan fingerprint density at radius 1 is 1.52 bits per heavy atom. The van der Waals surface area contributed by atoms with E-state index < -0.39 is 10.0 Å². The van der Waals surface area contributed by atoms with E-state index in [4.69, 9.17) is 4.74 Å². The molecule has 0 aromatic carbocycles. The topological polar surface area (TPSA) is 65.6 Å². The zero-order chi connectivity index (χ0) is 15.3. The molecular formula is C14H25N3O3S. The van der Waals surface area contributed by atoms with Gasteiger partial charge >= 0.3 is 0 Å². The standard InChI is InChI=1S/C14H25N3O3S/c1-16(8-9-20-2)21(18,19)14-4-3-7-17(12-14)11-13-5-6-15-10-13/h5-6,10,14-15H,3-4,7-9,11-12H2,1-2H3/t14-/m0/s1. The van der Waals surface area contributed by atoms with Crippen LogP contribution < -0.4 is 0 Å². The van der Waals surface area contributed by atoms with Crippen LogP contribution in [0.15, 0.2) is 18.5 Å². The van der Waals surface area contributed by atoms with Crippen LogP contribution in [0.25, 0.3) is 0 Å². The predicted octanol–water partition coefficient (Wildman–Crippen LogP) is 0.887. The molecule has 0 radical (unpaired) electrons. The Hall–Kier alpha value is -0.890. The fraction of sp³-hybridized carbons (Fsp3) is 0.714. The second kappa shape index (κ2) is 7.40. The van der Waals surface area contributed by atoms with E-state index in [0.717, 1.165) is 25.9 Å². The Kier molecular flexibility index (Phi) is 5.80. The molecule has 21 heavy (non-hydrogen) atoms. The lowest BCUT2D eigenvalue weighted by atomic mass is 10.1. The Labute approximate surface area is 127 Å². The molecule has 1 aliphatic rings. The maximum absolute atomic E-state index is 12.6. The fourth-order valence-electron chi connectivity index (χ4n) is 2.72. The molecule has 1 aromatic heterocycles. The number of hydrogen-bond donors (Lipinski definition) is 1. The Morgan fingerprint density at radius 3 is 3.00 bits per heavy atom. The predicted molar refractivity (Wildman–Crippen MR) is 82.5 cm³/mol. The second-order valence-electron chi connectivity index (χ2n) is 5.58. The van der Waals surface area contributed by atoms with E-state index in [1.54, 1.807) is 14.2 Å². The highest BCUT2D eigenvalue weighted by Crippen LogP contribution is 2.21. The molecule has 2 heterocycles. The Morgan fingerprint density at radius 2 is 2.33 bits per heavy atom. The third kappa shape index (κ3) is 4.29. The number of nitrogens with one attached hydrogen (secondary N) is 1. The van der Waals surface area contributed by atoms with Gasteiger partial charge in [0.25, 0.3) is 0 Å². The number of likely N-dealkylation sites (N-methyl/N-ethyl adjacent to an activating group) is 1. The normalized spacial score (nSPS) is 21.0. The monoisotopic (exact) mass is 315 g/mol. The molecule has 6 nitrogen and oxygen atoms in total. The number of aromatic nitrogens is 1. The van der Waals surface area contributed by atoms with Gasteiger partial charge in [0.1, 0.15) is 0 Å². The maximum atomic E-state index is 12.6. The highest BCUT2D eigenvalue weighted by atomic mass is 32.2. The van der Waals surface area contributed by atoms with Crippen LogP contribution in [-0.4, -0.2) is 68.3 Å². The first kappa shape index (κ1) is 16.5. The summed E-state index contributed by atoms with van der Waals surface area (Å²) in [5.74, 6) is 0. The summed E-state index contributed by atoms with van der Waals surface area (Å²) < 4.78 is 31.6. The van der Waals surface area contributed by atoms with E-state index >= 15 is 0 Å². The first-order valence-corrected chi connectivity index (χ1v) is 8.82.